The Balaban J connectivity index is 1.69. The highest BCUT2D eigenvalue weighted by Crippen LogP contribution is 2.23. The first-order chi connectivity index (χ1) is 13.1. The largest absolute Gasteiger partial charge is 0.486 e. The van der Waals surface area contributed by atoms with Crippen LogP contribution in [0, 0.1) is 0 Å². The molecule has 0 spiro atoms. The van der Waals surface area contributed by atoms with Gasteiger partial charge in [-0.3, -0.25) is 0 Å². The molecule has 2 heterocycles. The van der Waals surface area contributed by atoms with Gasteiger partial charge < -0.3 is 9.15 Å². The summed E-state index contributed by atoms with van der Waals surface area (Å²) in [5.74, 6) is 1.70. The second-order valence-corrected chi connectivity index (χ2v) is 6.85. The van der Waals surface area contributed by atoms with Crippen molar-refractivity contribution >= 4 is 29.6 Å². The van der Waals surface area contributed by atoms with Crippen LogP contribution in [-0.2, 0) is 6.61 Å². The summed E-state index contributed by atoms with van der Waals surface area (Å²) in [6.45, 7) is 2.08. The number of benzene rings is 1. The number of ether oxygens (including phenoxy) is 1. The first-order valence-electron chi connectivity index (χ1n) is 7.94. The second-order valence-electron chi connectivity index (χ2n) is 5.18. The summed E-state index contributed by atoms with van der Waals surface area (Å²) >= 11 is 7.17. The predicted molar refractivity (Wildman–Crippen MR) is 98.9 cm³/mol. The quantitative estimate of drug-likeness (QED) is 0.383. The van der Waals surface area contributed by atoms with Crippen molar-refractivity contribution in [3.05, 3.63) is 58.8 Å². The van der Waals surface area contributed by atoms with E-state index < -0.39 is 12.2 Å². The van der Waals surface area contributed by atoms with Crippen LogP contribution in [-0.4, -0.2) is 26.8 Å². The number of thioether (sulfide) groups is 1. The molecule has 0 aliphatic carbocycles. The molecule has 27 heavy (non-hydrogen) atoms. The lowest BCUT2D eigenvalue weighted by atomic mass is 10.3. The third-order valence-corrected chi connectivity index (χ3v) is 4.30. The van der Waals surface area contributed by atoms with Crippen molar-refractivity contribution in [2.24, 2.45) is 5.10 Å². The second kappa shape index (κ2) is 9.01. The molecule has 2 aromatic heterocycles. The topological polar surface area (TPSA) is 65.4 Å². The molecule has 3 rings (SSSR count). The summed E-state index contributed by atoms with van der Waals surface area (Å²) in [6, 6.07) is 10.4. The van der Waals surface area contributed by atoms with E-state index in [1.165, 1.54) is 18.0 Å². The standard InChI is InChI=1S/C17H15ClF2N4O2S/c1-2-27-17-23-22-16(15(19)20)24(17)21-9-13-6-7-14(26-13)10-25-12-5-3-4-11(18)8-12/h3-9,15H,2,10H2,1H3. The lowest BCUT2D eigenvalue weighted by molar-refractivity contribution is 0.135. The fraction of sp³-hybridized carbons (Fsp3) is 0.235. The first-order valence-corrected chi connectivity index (χ1v) is 9.31. The van der Waals surface area contributed by atoms with Crippen LogP contribution >= 0.6 is 23.4 Å². The summed E-state index contributed by atoms with van der Waals surface area (Å²) in [6.07, 6.45) is -1.45. The summed E-state index contributed by atoms with van der Waals surface area (Å²) < 4.78 is 38.3. The molecular formula is C17H15ClF2N4O2S. The number of halogens is 3. The van der Waals surface area contributed by atoms with Gasteiger partial charge in [0.25, 0.3) is 6.43 Å². The van der Waals surface area contributed by atoms with Gasteiger partial charge in [0.15, 0.2) is 0 Å². The smallest absolute Gasteiger partial charge is 0.299 e. The maximum atomic E-state index is 13.0. The first kappa shape index (κ1) is 19.4. The molecule has 0 saturated carbocycles. The number of nitrogens with zero attached hydrogens (tertiary/aromatic N) is 4. The maximum Gasteiger partial charge on any atom is 0.299 e. The van der Waals surface area contributed by atoms with Crippen molar-refractivity contribution in [2.75, 3.05) is 5.75 Å². The van der Waals surface area contributed by atoms with Gasteiger partial charge in [-0.2, -0.15) is 9.78 Å². The molecule has 0 aliphatic rings. The van der Waals surface area contributed by atoms with Gasteiger partial charge >= 0.3 is 0 Å². The number of furan rings is 1. The van der Waals surface area contributed by atoms with Crippen molar-refractivity contribution in [3.63, 3.8) is 0 Å². The van der Waals surface area contributed by atoms with Gasteiger partial charge in [-0.05, 0) is 36.1 Å². The Morgan fingerprint density at radius 3 is 2.93 bits per heavy atom. The van der Waals surface area contributed by atoms with Crippen LogP contribution in [0.25, 0.3) is 0 Å². The Morgan fingerprint density at radius 1 is 1.33 bits per heavy atom. The lowest BCUT2D eigenvalue weighted by Crippen LogP contribution is -2.00. The number of alkyl halides is 2. The average molecular weight is 413 g/mol. The van der Waals surface area contributed by atoms with Gasteiger partial charge in [0.2, 0.25) is 11.0 Å². The summed E-state index contributed by atoms with van der Waals surface area (Å²) in [7, 11) is 0. The molecule has 1 aromatic carbocycles. The Hall–Kier alpha value is -2.39. The monoisotopic (exact) mass is 412 g/mol. The molecule has 0 bridgehead atoms. The van der Waals surface area contributed by atoms with E-state index >= 15 is 0 Å². The van der Waals surface area contributed by atoms with Crippen LogP contribution in [0.1, 0.15) is 30.7 Å². The van der Waals surface area contributed by atoms with E-state index in [1.54, 1.807) is 36.4 Å². The molecule has 0 N–H and O–H groups in total. The third-order valence-electron chi connectivity index (χ3n) is 3.26. The van der Waals surface area contributed by atoms with Crippen molar-refractivity contribution < 1.29 is 17.9 Å². The summed E-state index contributed by atoms with van der Waals surface area (Å²) in [4.78, 5) is 0. The molecule has 0 amide bonds. The predicted octanol–water partition coefficient (Wildman–Crippen LogP) is 5.04. The van der Waals surface area contributed by atoms with E-state index in [9.17, 15) is 8.78 Å². The fourth-order valence-corrected chi connectivity index (χ4v) is 2.91. The van der Waals surface area contributed by atoms with Crippen molar-refractivity contribution in [3.8, 4) is 5.75 Å². The lowest BCUT2D eigenvalue weighted by Gasteiger charge is -2.04. The molecule has 0 fully saturated rings. The van der Waals surface area contributed by atoms with Gasteiger partial charge in [0.1, 0.15) is 23.9 Å². The van der Waals surface area contributed by atoms with Crippen LogP contribution in [0.4, 0.5) is 8.78 Å². The van der Waals surface area contributed by atoms with Crippen LogP contribution in [0.5, 0.6) is 5.75 Å². The number of rotatable bonds is 8. The molecule has 0 atom stereocenters. The van der Waals surface area contributed by atoms with Crippen molar-refractivity contribution in [1.82, 2.24) is 14.9 Å². The average Bonchev–Trinajstić information content (AvgIpc) is 3.25. The minimum absolute atomic E-state index is 0.194. The fourth-order valence-electron chi connectivity index (χ4n) is 2.11. The minimum atomic E-state index is -2.78. The third kappa shape index (κ3) is 5.08. The molecule has 142 valence electrons. The number of hydrogen-bond acceptors (Lipinski definition) is 6. The van der Waals surface area contributed by atoms with Crippen molar-refractivity contribution in [2.45, 2.75) is 25.1 Å². The Morgan fingerprint density at radius 2 is 2.19 bits per heavy atom. The van der Waals surface area contributed by atoms with E-state index in [-0.39, 0.29) is 6.61 Å². The molecule has 0 aliphatic heterocycles. The molecule has 6 nitrogen and oxygen atoms in total. The molecule has 0 unspecified atom stereocenters. The molecule has 10 heteroatoms. The van der Waals surface area contributed by atoms with E-state index in [2.05, 4.69) is 15.3 Å². The normalized spacial score (nSPS) is 11.6. The van der Waals surface area contributed by atoms with Crippen LogP contribution in [0.15, 0.2) is 51.1 Å². The summed E-state index contributed by atoms with van der Waals surface area (Å²) in [5, 5.41) is 12.1. The molecule has 0 saturated heterocycles. The zero-order chi connectivity index (χ0) is 19.2. The van der Waals surface area contributed by atoms with E-state index in [1.807, 2.05) is 6.92 Å². The molecule has 0 radical (unpaired) electrons. The van der Waals surface area contributed by atoms with Crippen LogP contribution in [0.2, 0.25) is 5.02 Å². The molecule has 3 aromatic rings. The zero-order valence-corrected chi connectivity index (χ0v) is 15.8. The Labute approximate surface area is 163 Å². The van der Waals surface area contributed by atoms with E-state index in [4.69, 9.17) is 20.8 Å². The highest BCUT2D eigenvalue weighted by Gasteiger charge is 2.19. The highest BCUT2D eigenvalue weighted by molar-refractivity contribution is 7.99. The van der Waals surface area contributed by atoms with Gasteiger partial charge in [0.05, 0.1) is 6.21 Å². The zero-order valence-electron chi connectivity index (χ0n) is 14.2. The highest BCUT2D eigenvalue weighted by atomic mass is 35.5. The SMILES string of the molecule is CCSc1nnc(C(F)F)n1N=Cc1ccc(COc2cccc(Cl)c2)o1. The van der Waals surface area contributed by atoms with E-state index in [0.29, 0.717) is 33.2 Å². The van der Waals surface area contributed by atoms with Gasteiger partial charge in [-0.25, -0.2) is 8.78 Å². The van der Waals surface area contributed by atoms with Crippen LogP contribution in [0.3, 0.4) is 0 Å². The van der Waals surface area contributed by atoms with Gasteiger partial charge in [-0.1, -0.05) is 36.4 Å². The van der Waals surface area contributed by atoms with Gasteiger partial charge in [-0.15, -0.1) is 10.2 Å². The van der Waals surface area contributed by atoms with Crippen molar-refractivity contribution in [1.29, 1.82) is 0 Å². The Bertz CT molecular complexity index is 929. The molecular weight excluding hydrogens is 398 g/mol. The maximum absolute atomic E-state index is 13.0. The van der Waals surface area contributed by atoms with Crippen LogP contribution < -0.4 is 4.74 Å². The van der Waals surface area contributed by atoms with E-state index in [0.717, 1.165) is 4.68 Å². The Kier molecular flexibility index (Phi) is 6.46. The minimum Gasteiger partial charge on any atom is -0.486 e. The number of hydrogen-bond donors (Lipinski definition) is 0. The van der Waals surface area contributed by atoms with Gasteiger partial charge in [0, 0.05) is 5.02 Å². The number of aromatic nitrogens is 3. The summed E-state index contributed by atoms with van der Waals surface area (Å²) in [5.41, 5.74) is 0.